The number of benzene rings is 3. The summed E-state index contributed by atoms with van der Waals surface area (Å²) in [5.74, 6) is 0. The van der Waals surface area contributed by atoms with E-state index < -0.39 is 0 Å². The van der Waals surface area contributed by atoms with E-state index >= 15 is 0 Å². The number of aromatic nitrogens is 1. The van der Waals surface area contributed by atoms with E-state index in [1.54, 1.807) is 0 Å². The minimum absolute atomic E-state index is 0.0483. The zero-order valence-corrected chi connectivity index (χ0v) is 16.7. The fourth-order valence-electron chi connectivity index (χ4n) is 4.71. The highest BCUT2D eigenvalue weighted by Gasteiger charge is 2.38. The molecular formula is C26H19NS. The smallest absolute Gasteiger partial charge is 0.0708 e. The topological polar surface area (TPSA) is 12.9 Å². The molecule has 0 bridgehead atoms. The van der Waals surface area contributed by atoms with Crippen molar-refractivity contribution in [1.82, 2.24) is 4.98 Å². The fourth-order valence-corrected chi connectivity index (χ4v) is 6.12. The Hall–Kier alpha value is -2.97. The molecule has 0 aliphatic heterocycles. The van der Waals surface area contributed by atoms with Crippen LogP contribution < -0.4 is 0 Å². The molecule has 134 valence electrons. The van der Waals surface area contributed by atoms with E-state index in [9.17, 15) is 0 Å². The molecule has 0 unspecified atom stereocenters. The van der Waals surface area contributed by atoms with Gasteiger partial charge in [-0.15, -0.1) is 11.3 Å². The van der Waals surface area contributed by atoms with Gasteiger partial charge in [-0.25, -0.2) is 0 Å². The summed E-state index contributed by atoms with van der Waals surface area (Å²) in [5.41, 5.74) is 7.62. The summed E-state index contributed by atoms with van der Waals surface area (Å²) >= 11 is 1.92. The molecule has 0 radical (unpaired) electrons. The molecule has 1 aliphatic carbocycles. The van der Waals surface area contributed by atoms with E-state index in [2.05, 4.69) is 86.8 Å². The van der Waals surface area contributed by atoms with Crippen molar-refractivity contribution in [3.05, 3.63) is 90.1 Å². The highest BCUT2D eigenvalue weighted by molar-refractivity contribution is 7.26. The van der Waals surface area contributed by atoms with Crippen LogP contribution in [-0.4, -0.2) is 4.98 Å². The Morgan fingerprint density at radius 3 is 2.43 bits per heavy atom. The summed E-state index contributed by atoms with van der Waals surface area (Å²) in [6.07, 6.45) is 2.09. The molecule has 0 fully saturated rings. The Morgan fingerprint density at radius 2 is 1.57 bits per heavy atom. The predicted molar refractivity (Wildman–Crippen MR) is 120 cm³/mol. The summed E-state index contributed by atoms with van der Waals surface area (Å²) in [6, 6.07) is 26.1. The van der Waals surface area contributed by atoms with E-state index in [1.807, 2.05) is 17.4 Å². The van der Waals surface area contributed by atoms with Gasteiger partial charge in [-0.3, -0.25) is 4.98 Å². The van der Waals surface area contributed by atoms with Gasteiger partial charge in [0.1, 0.15) is 0 Å². The number of thiophene rings is 1. The Bertz CT molecular complexity index is 1380. The minimum Gasteiger partial charge on any atom is -0.256 e. The van der Waals surface area contributed by atoms with Gasteiger partial charge in [-0.05, 0) is 34.4 Å². The average molecular weight is 378 g/mol. The van der Waals surface area contributed by atoms with E-state index in [1.165, 1.54) is 48.0 Å². The summed E-state index contributed by atoms with van der Waals surface area (Å²) < 4.78 is 2.78. The van der Waals surface area contributed by atoms with Crippen LogP contribution in [0.2, 0.25) is 0 Å². The molecular weight excluding hydrogens is 358 g/mol. The van der Waals surface area contributed by atoms with Crippen LogP contribution >= 0.6 is 11.3 Å². The monoisotopic (exact) mass is 377 g/mol. The van der Waals surface area contributed by atoms with Gasteiger partial charge in [-0.2, -0.15) is 0 Å². The molecule has 0 spiro atoms. The second-order valence-corrected chi connectivity index (χ2v) is 9.12. The van der Waals surface area contributed by atoms with Gasteiger partial charge in [0.15, 0.2) is 0 Å². The molecule has 3 aromatic carbocycles. The molecule has 6 rings (SSSR count). The van der Waals surface area contributed by atoms with Gasteiger partial charge in [-0.1, -0.05) is 74.5 Å². The normalized spacial score (nSPS) is 14.4. The van der Waals surface area contributed by atoms with Gasteiger partial charge in [0.05, 0.1) is 5.69 Å². The summed E-state index contributed by atoms with van der Waals surface area (Å²) in [5, 5.41) is 2.73. The Morgan fingerprint density at radius 1 is 0.786 bits per heavy atom. The van der Waals surface area contributed by atoms with Gasteiger partial charge < -0.3 is 0 Å². The summed E-state index contributed by atoms with van der Waals surface area (Å²) in [7, 11) is 0. The molecule has 1 aliphatic rings. The average Bonchev–Trinajstić information content (AvgIpc) is 3.21. The van der Waals surface area contributed by atoms with Crippen molar-refractivity contribution in [2.24, 2.45) is 0 Å². The lowest BCUT2D eigenvalue weighted by Crippen LogP contribution is -2.15. The first-order valence-electron chi connectivity index (χ1n) is 9.65. The molecule has 0 amide bonds. The summed E-state index contributed by atoms with van der Waals surface area (Å²) in [6.45, 7) is 4.68. The maximum atomic E-state index is 4.83. The second-order valence-electron chi connectivity index (χ2n) is 8.07. The number of rotatable bonds is 1. The van der Waals surface area contributed by atoms with Crippen LogP contribution in [0.5, 0.6) is 0 Å². The van der Waals surface area contributed by atoms with Crippen molar-refractivity contribution in [3.63, 3.8) is 0 Å². The van der Waals surface area contributed by atoms with Crippen molar-refractivity contribution in [1.29, 1.82) is 0 Å². The lowest BCUT2D eigenvalue weighted by molar-refractivity contribution is 0.664. The summed E-state index contributed by atoms with van der Waals surface area (Å²) in [4.78, 5) is 4.83. The van der Waals surface area contributed by atoms with Gasteiger partial charge in [0, 0.05) is 37.3 Å². The highest BCUT2D eigenvalue weighted by atomic mass is 32.1. The van der Waals surface area contributed by atoms with Crippen LogP contribution in [0, 0.1) is 0 Å². The van der Waals surface area contributed by atoms with Gasteiger partial charge in [0.2, 0.25) is 0 Å². The molecule has 2 heterocycles. The predicted octanol–water partition coefficient (Wildman–Crippen LogP) is 7.42. The number of nitrogens with zero attached hydrogens (tertiary/aromatic N) is 1. The van der Waals surface area contributed by atoms with E-state index in [0.717, 1.165) is 5.69 Å². The lowest BCUT2D eigenvalue weighted by Gasteiger charge is -2.21. The lowest BCUT2D eigenvalue weighted by atomic mass is 9.82. The van der Waals surface area contributed by atoms with Crippen LogP contribution in [0.25, 0.3) is 42.6 Å². The fraction of sp³-hybridized carbons (Fsp3) is 0.115. The zero-order valence-electron chi connectivity index (χ0n) is 15.9. The Labute approximate surface area is 168 Å². The number of pyridine rings is 1. The van der Waals surface area contributed by atoms with Crippen LogP contribution in [-0.2, 0) is 5.41 Å². The minimum atomic E-state index is -0.0483. The molecule has 28 heavy (non-hydrogen) atoms. The van der Waals surface area contributed by atoms with E-state index in [-0.39, 0.29) is 5.41 Å². The molecule has 1 nitrogen and oxygen atoms in total. The van der Waals surface area contributed by atoms with Crippen molar-refractivity contribution in [2.75, 3.05) is 0 Å². The SMILES string of the molecule is CC1(C)c2cnc(-c3ccccc3)cc2-c2ccc3c(sc4ccccc43)c21. The molecule has 2 heteroatoms. The maximum absolute atomic E-state index is 4.83. The van der Waals surface area contributed by atoms with Crippen LogP contribution in [0.3, 0.4) is 0 Å². The molecule has 0 N–H and O–H groups in total. The third-order valence-corrected chi connectivity index (χ3v) is 7.31. The molecule has 0 saturated carbocycles. The van der Waals surface area contributed by atoms with Crippen molar-refractivity contribution in [2.45, 2.75) is 19.3 Å². The highest BCUT2D eigenvalue weighted by Crippen LogP contribution is 2.53. The first-order chi connectivity index (χ1) is 13.6. The van der Waals surface area contributed by atoms with E-state index in [4.69, 9.17) is 4.98 Å². The number of hydrogen-bond acceptors (Lipinski definition) is 2. The molecule has 2 aromatic heterocycles. The second kappa shape index (κ2) is 5.52. The molecule has 0 saturated heterocycles. The van der Waals surface area contributed by atoms with E-state index in [0.29, 0.717) is 0 Å². The number of hydrogen-bond donors (Lipinski definition) is 0. The third-order valence-electron chi connectivity index (χ3n) is 6.11. The van der Waals surface area contributed by atoms with Gasteiger partial charge in [0.25, 0.3) is 0 Å². The third kappa shape index (κ3) is 2.04. The maximum Gasteiger partial charge on any atom is 0.0708 e. The van der Waals surface area contributed by atoms with Crippen molar-refractivity contribution < 1.29 is 0 Å². The standard InChI is InChI=1S/C26H19NS/c1-26(2)21-15-27-22(16-8-4-3-5-9-16)14-20(21)18-12-13-19-17-10-6-7-11-23(17)28-25(19)24(18)26/h3-15H,1-2H3. The number of fused-ring (bicyclic) bond motifs is 7. The quantitative estimate of drug-likeness (QED) is 0.296. The van der Waals surface area contributed by atoms with Crippen LogP contribution in [0.1, 0.15) is 25.0 Å². The molecule has 0 atom stereocenters. The van der Waals surface area contributed by atoms with Crippen molar-refractivity contribution >= 4 is 31.5 Å². The van der Waals surface area contributed by atoms with Gasteiger partial charge >= 0.3 is 0 Å². The largest absolute Gasteiger partial charge is 0.256 e. The van der Waals surface area contributed by atoms with Crippen LogP contribution in [0.4, 0.5) is 0 Å². The van der Waals surface area contributed by atoms with Crippen molar-refractivity contribution in [3.8, 4) is 22.4 Å². The Balaban J connectivity index is 1.67. The Kier molecular flexibility index (Phi) is 3.16. The zero-order chi connectivity index (χ0) is 18.9. The first kappa shape index (κ1) is 16.0. The molecule has 5 aromatic rings. The van der Waals surface area contributed by atoms with Crippen LogP contribution in [0.15, 0.2) is 79.0 Å². The first-order valence-corrected chi connectivity index (χ1v) is 10.5.